The highest BCUT2D eigenvalue weighted by Crippen LogP contribution is 2.25. The van der Waals surface area contributed by atoms with E-state index in [1.54, 1.807) is 4.90 Å². The first-order valence-electron chi connectivity index (χ1n) is 11.0. The van der Waals surface area contributed by atoms with Gasteiger partial charge in [0.25, 0.3) is 15.9 Å². The highest BCUT2D eigenvalue weighted by atomic mass is 35.5. The summed E-state index contributed by atoms with van der Waals surface area (Å²) in [4.78, 5) is 16.7. The van der Waals surface area contributed by atoms with Gasteiger partial charge in [-0.1, -0.05) is 53.5 Å². The molecule has 7 nitrogen and oxygen atoms in total. The number of piperazine rings is 1. The van der Waals surface area contributed by atoms with Gasteiger partial charge in [-0.25, -0.2) is 8.42 Å². The number of carbonyl (C=O) groups is 1. The molecule has 10 heteroatoms. The van der Waals surface area contributed by atoms with E-state index >= 15 is 0 Å². The Morgan fingerprint density at radius 1 is 0.886 bits per heavy atom. The van der Waals surface area contributed by atoms with Crippen molar-refractivity contribution >= 4 is 44.8 Å². The Morgan fingerprint density at radius 3 is 2.14 bits per heavy atom. The lowest BCUT2D eigenvalue weighted by atomic mass is 10.2. The summed E-state index contributed by atoms with van der Waals surface area (Å²) in [5.74, 6) is 0.311. The van der Waals surface area contributed by atoms with Crippen LogP contribution in [0.1, 0.15) is 5.56 Å². The molecule has 1 heterocycles. The zero-order chi connectivity index (χ0) is 24.8. The monoisotopic (exact) mass is 533 g/mol. The fourth-order valence-corrected chi connectivity index (χ4v) is 5.34. The molecule has 1 saturated heterocycles. The summed E-state index contributed by atoms with van der Waals surface area (Å²) < 4.78 is 33.3. The SMILES string of the molecule is O=C(COc1ccc(S(=O)(=O)Nc2cc(Cl)cc(Cl)c2)cc1)N1CCN(Cc2ccccc2)CC1. The Balaban J connectivity index is 1.26. The first kappa shape index (κ1) is 25.3. The van der Waals surface area contributed by atoms with Gasteiger partial charge in [0.15, 0.2) is 6.61 Å². The van der Waals surface area contributed by atoms with Gasteiger partial charge in [-0.05, 0) is 48.0 Å². The summed E-state index contributed by atoms with van der Waals surface area (Å²) in [6.07, 6.45) is 0. The van der Waals surface area contributed by atoms with E-state index in [9.17, 15) is 13.2 Å². The van der Waals surface area contributed by atoms with E-state index < -0.39 is 10.0 Å². The summed E-state index contributed by atoms with van der Waals surface area (Å²) in [7, 11) is -3.84. The van der Waals surface area contributed by atoms with Gasteiger partial charge in [-0.3, -0.25) is 14.4 Å². The lowest BCUT2D eigenvalue weighted by Gasteiger charge is -2.34. The lowest BCUT2D eigenvalue weighted by Crippen LogP contribution is -2.49. The second-order valence-electron chi connectivity index (χ2n) is 8.17. The third kappa shape index (κ3) is 7.11. The maximum absolute atomic E-state index is 12.6. The minimum Gasteiger partial charge on any atom is -0.484 e. The molecule has 0 saturated carbocycles. The summed E-state index contributed by atoms with van der Waals surface area (Å²) in [6, 6.07) is 20.6. The van der Waals surface area contributed by atoms with Gasteiger partial charge in [-0.2, -0.15) is 0 Å². The topological polar surface area (TPSA) is 78.9 Å². The van der Waals surface area contributed by atoms with Gasteiger partial charge in [-0.15, -0.1) is 0 Å². The quantitative estimate of drug-likeness (QED) is 0.460. The number of halogens is 2. The number of rotatable bonds is 8. The van der Waals surface area contributed by atoms with Gasteiger partial charge in [0, 0.05) is 42.8 Å². The van der Waals surface area contributed by atoms with Crippen LogP contribution < -0.4 is 9.46 Å². The Hall–Kier alpha value is -2.78. The predicted molar refractivity (Wildman–Crippen MR) is 138 cm³/mol. The first-order chi connectivity index (χ1) is 16.8. The predicted octanol–water partition coefficient (Wildman–Crippen LogP) is 4.52. The van der Waals surface area contributed by atoms with Crippen LogP contribution in [0.25, 0.3) is 0 Å². The van der Waals surface area contributed by atoms with Gasteiger partial charge < -0.3 is 9.64 Å². The average Bonchev–Trinajstić information content (AvgIpc) is 2.83. The summed E-state index contributed by atoms with van der Waals surface area (Å²) in [6.45, 7) is 3.66. The Morgan fingerprint density at radius 2 is 1.51 bits per heavy atom. The van der Waals surface area contributed by atoms with Crippen molar-refractivity contribution in [3.8, 4) is 5.75 Å². The molecule has 0 spiro atoms. The number of benzene rings is 3. The molecule has 1 aliphatic heterocycles. The molecule has 3 aromatic rings. The fourth-order valence-electron chi connectivity index (χ4n) is 3.78. The third-order valence-electron chi connectivity index (χ3n) is 5.59. The lowest BCUT2D eigenvalue weighted by molar-refractivity contribution is -0.135. The molecule has 184 valence electrons. The van der Waals surface area contributed by atoms with E-state index in [1.807, 2.05) is 18.2 Å². The third-order valence-corrected chi connectivity index (χ3v) is 7.42. The normalized spacial score (nSPS) is 14.5. The molecule has 1 aliphatic rings. The number of hydrogen-bond acceptors (Lipinski definition) is 5. The first-order valence-corrected chi connectivity index (χ1v) is 13.3. The number of anilines is 1. The Bertz CT molecular complexity index is 1240. The van der Waals surface area contributed by atoms with Crippen molar-refractivity contribution in [1.29, 1.82) is 0 Å². The summed E-state index contributed by atoms with van der Waals surface area (Å²) in [5, 5.41) is 0.641. The molecule has 0 aromatic heterocycles. The number of amides is 1. The molecule has 0 aliphatic carbocycles. The summed E-state index contributed by atoms with van der Waals surface area (Å²) >= 11 is 11.9. The maximum atomic E-state index is 12.6. The molecule has 1 fully saturated rings. The highest BCUT2D eigenvalue weighted by molar-refractivity contribution is 7.92. The number of nitrogens with zero attached hydrogens (tertiary/aromatic N) is 2. The van der Waals surface area contributed by atoms with Gasteiger partial charge in [0.2, 0.25) is 0 Å². The van der Waals surface area contributed by atoms with Gasteiger partial charge >= 0.3 is 0 Å². The minimum atomic E-state index is -3.84. The molecule has 3 aromatic carbocycles. The second kappa shape index (κ2) is 11.3. The van der Waals surface area contributed by atoms with E-state index in [4.69, 9.17) is 27.9 Å². The van der Waals surface area contributed by atoms with Crippen molar-refractivity contribution in [3.05, 3.63) is 88.4 Å². The smallest absolute Gasteiger partial charge is 0.261 e. The zero-order valence-corrected chi connectivity index (χ0v) is 21.2. The molecule has 35 heavy (non-hydrogen) atoms. The van der Waals surface area contributed by atoms with Crippen molar-refractivity contribution in [2.75, 3.05) is 37.5 Å². The summed E-state index contributed by atoms with van der Waals surface area (Å²) in [5.41, 5.74) is 1.52. The van der Waals surface area contributed by atoms with Crippen LogP contribution in [-0.2, 0) is 21.4 Å². The number of carbonyl (C=O) groups excluding carboxylic acids is 1. The van der Waals surface area contributed by atoms with Crippen molar-refractivity contribution in [1.82, 2.24) is 9.80 Å². The van der Waals surface area contributed by atoms with Crippen LogP contribution in [0.5, 0.6) is 5.75 Å². The molecule has 0 radical (unpaired) electrons. The molecule has 0 bridgehead atoms. The van der Waals surface area contributed by atoms with E-state index in [2.05, 4.69) is 21.8 Å². The fraction of sp³-hybridized carbons (Fsp3) is 0.240. The Kier molecular flexibility index (Phi) is 8.18. The van der Waals surface area contributed by atoms with Crippen molar-refractivity contribution in [2.45, 2.75) is 11.4 Å². The Labute approximate surface area is 215 Å². The van der Waals surface area contributed by atoms with Crippen molar-refractivity contribution in [3.63, 3.8) is 0 Å². The van der Waals surface area contributed by atoms with Gasteiger partial charge in [0.1, 0.15) is 5.75 Å². The minimum absolute atomic E-state index is 0.0433. The van der Waals surface area contributed by atoms with Gasteiger partial charge in [0.05, 0.1) is 10.6 Å². The van der Waals surface area contributed by atoms with Crippen LogP contribution in [0.3, 0.4) is 0 Å². The van der Waals surface area contributed by atoms with E-state index in [1.165, 1.54) is 48.0 Å². The largest absolute Gasteiger partial charge is 0.484 e. The second-order valence-corrected chi connectivity index (χ2v) is 10.7. The standard InChI is InChI=1S/C25H25Cl2N3O4S/c26-20-14-21(27)16-22(15-20)28-35(32,33)24-8-6-23(7-9-24)34-18-25(31)30-12-10-29(11-13-30)17-19-4-2-1-3-5-19/h1-9,14-16,28H,10-13,17-18H2. The molecule has 1 N–H and O–H groups in total. The van der Waals surface area contributed by atoms with E-state index in [0.717, 1.165) is 19.6 Å². The molecule has 0 unspecified atom stereocenters. The maximum Gasteiger partial charge on any atom is 0.261 e. The number of hydrogen-bond donors (Lipinski definition) is 1. The van der Waals surface area contributed by atoms with Crippen molar-refractivity contribution in [2.24, 2.45) is 0 Å². The van der Waals surface area contributed by atoms with Crippen LogP contribution in [0.4, 0.5) is 5.69 Å². The van der Waals surface area contributed by atoms with Crippen LogP contribution in [0, 0.1) is 0 Å². The molecular weight excluding hydrogens is 509 g/mol. The molecular formula is C25H25Cl2N3O4S. The number of ether oxygens (including phenoxy) is 1. The van der Waals surface area contributed by atoms with E-state index in [0.29, 0.717) is 28.9 Å². The number of sulfonamides is 1. The molecule has 1 amide bonds. The number of nitrogens with one attached hydrogen (secondary N) is 1. The van der Waals surface area contributed by atoms with Crippen molar-refractivity contribution < 1.29 is 17.9 Å². The van der Waals surface area contributed by atoms with Crippen LogP contribution in [0.15, 0.2) is 77.7 Å². The molecule has 4 rings (SSSR count). The van der Waals surface area contributed by atoms with Crippen LogP contribution >= 0.6 is 23.2 Å². The van der Waals surface area contributed by atoms with Crippen LogP contribution in [-0.4, -0.2) is 56.9 Å². The van der Waals surface area contributed by atoms with E-state index in [-0.39, 0.29) is 23.1 Å². The van der Waals surface area contributed by atoms with Crippen LogP contribution in [0.2, 0.25) is 10.0 Å². The average molecular weight is 534 g/mol. The highest BCUT2D eigenvalue weighted by Gasteiger charge is 2.21. The zero-order valence-electron chi connectivity index (χ0n) is 18.9. The molecule has 0 atom stereocenters.